The maximum absolute atomic E-state index is 11.0. The lowest BCUT2D eigenvalue weighted by atomic mass is 9.78. The van der Waals surface area contributed by atoms with E-state index in [-0.39, 0.29) is 36.4 Å². The lowest BCUT2D eigenvalue weighted by Crippen LogP contribution is -2.66. The number of rotatable bonds is 3. The van der Waals surface area contributed by atoms with E-state index in [9.17, 15) is 4.79 Å². The number of β-lactam (4-membered cyclic amide) rings is 1. The molecule has 70 valence electrons. The third-order valence-electron chi connectivity index (χ3n) is 2.47. The number of hydrogen-bond donors (Lipinski definition) is 3. The summed E-state index contributed by atoms with van der Waals surface area (Å²) in [7, 11) is 0. The van der Waals surface area contributed by atoms with E-state index in [4.69, 9.17) is 10.8 Å². The molecule has 1 amide bonds. The van der Waals surface area contributed by atoms with Gasteiger partial charge in [-0.25, -0.2) is 0 Å². The maximum Gasteiger partial charge on any atom is 0.227 e. The molecule has 1 aliphatic rings. The Labute approximate surface area is 72.1 Å². The Hall–Kier alpha value is -0.610. The number of nitrogens with two attached hydrogens (primary N) is 1. The maximum atomic E-state index is 11.0. The van der Waals surface area contributed by atoms with Crippen LogP contribution in [0.3, 0.4) is 0 Å². The molecule has 4 N–H and O–H groups in total. The highest BCUT2D eigenvalue weighted by Gasteiger charge is 2.43. The smallest absolute Gasteiger partial charge is 0.227 e. The van der Waals surface area contributed by atoms with Gasteiger partial charge in [-0.05, 0) is 6.92 Å². The van der Waals surface area contributed by atoms with E-state index in [0.717, 1.165) is 0 Å². The molecule has 4 unspecified atom stereocenters. The van der Waals surface area contributed by atoms with Crippen molar-refractivity contribution >= 4 is 5.91 Å². The number of aliphatic hydroxyl groups excluding tert-OH is 1. The Morgan fingerprint density at radius 1 is 1.67 bits per heavy atom. The first-order chi connectivity index (χ1) is 5.57. The number of hydrogen-bond acceptors (Lipinski definition) is 3. The summed E-state index contributed by atoms with van der Waals surface area (Å²) in [6, 6.07) is -0.0692. The lowest BCUT2D eigenvalue weighted by Gasteiger charge is -2.42. The molecule has 1 aliphatic heterocycles. The van der Waals surface area contributed by atoms with Crippen molar-refractivity contribution < 1.29 is 9.90 Å². The fraction of sp³-hybridized carbons (Fsp3) is 0.875. The van der Waals surface area contributed by atoms with E-state index in [2.05, 4.69) is 5.32 Å². The van der Waals surface area contributed by atoms with Gasteiger partial charge in [0.1, 0.15) is 0 Å². The molecule has 0 aromatic carbocycles. The van der Waals surface area contributed by atoms with Gasteiger partial charge in [0.2, 0.25) is 5.91 Å². The van der Waals surface area contributed by atoms with Crippen LogP contribution in [0.25, 0.3) is 0 Å². The molecule has 1 heterocycles. The van der Waals surface area contributed by atoms with Gasteiger partial charge in [-0.3, -0.25) is 4.79 Å². The summed E-state index contributed by atoms with van der Waals surface area (Å²) < 4.78 is 0. The highest BCUT2D eigenvalue weighted by atomic mass is 16.3. The third kappa shape index (κ3) is 1.44. The van der Waals surface area contributed by atoms with Gasteiger partial charge in [0.15, 0.2) is 0 Å². The number of carbonyl (C=O) groups is 1. The largest absolute Gasteiger partial charge is 0.396 e. The minimum absolute atomic E-state index is 0.00954. The van der Waals surface area contributed by atoms with E-state index in [0.29, 0.717) is 0 Å². The van der Waals surface area contributed by atoms with Crippen LogP contribution >= 0.6 is 0 Å². The summed E-state index contributed by atoms with van der Waals surface area (Å²) in [5.41, 5.74) is 5.63. The minimum Gasteiger partial charge on any atom is -0.396 e. The Morgan fingerprint density at radius 3 is 2.58 bits per heavy atom. The van der Waals surface area contributed by atoms with Crippen molar-refractivity contribution in [3.05, 3.63) is 0 Å². The molecule has 1 saturated heterocycles. The second-order valence-corrected chi connectivity index (χ2v) is 3.58. The SMILES string of the molecule is CC(N)C1C(=O)NC1C(C)CO. The molecule has 0 saturated carbocycles. The molecule has 1 rings (SSSR count). The molecule has 0 aromatic heterocycles. The van der Waals surface area contributed by atoms with Crippen molar-refractivity contribution in [2.45, 2.75) is 25.9 Å². The summed E-state index contributed by atoms with van der Waals surface area (Å²) in [6.07, 6.45) is 0. The molecule has 0 aromatic rings. The van der Waals surface area contributed by atoms with Gasteiger partial charge in [-0.2, -0.15) is 0 Å². The van der Waals surface area contributed by atoms with Gasteiger partial charge in [-0.1, -0.05) is 6.92 Å². The molecule has 0 bridgehead atoms. The molecule has 0 radical (unpaired) electrons. The van der Waals surface area contributed by atoms with Crippen molar-refractivity contribution in [3.63, 3.8) is 0 Å². The van der Waals surface area contributed by atoms with Crippen LogP contribution in [0.4, 0.5) is 0 Å². The molecule has 4 heteroatoms. The van der Waals surface area contributed by atoms with Crippen LogP contribution in [-0.2, 0) is 4.79 Å². The third-order valence-corrected chi connectivity index (χ3v) is 2.47. The van der Waals surface area contributed by atoms with Crippen LogP contribution in [-0.4, -0.2) is 29.7 Å². The summed E-state index contributed by atoms with van der Waals surface area (Å²) >= 11 is 0. The van der Waals surface area contributed by atoms with Crippen LogP contribution in [0.15, 0.2) is 0 Å². The molecule has 0 aliphatic carbocycles. The summed E-state index contributed by atoms with van der Waals surface area (Å²) in [5.74, 6) is -0.0128. The summed E-state index contributed by atoms with van der Waals surface area (Å²) in [5, 5.41) is 11.6. The van der Waals surface area contributed by atoms with Gasteiger partial charge < -0.3 is 16.2 Å². The van der Waals surface area contributed by atoms with Crippen molar-refractivity contribution in [1.82, 2.24) is 5.32 Å². The fourth-order valence-electron chi connectivity index (χ4n) is 1.59. The van der Waals surface area contributed by atoms with Crippen molar-refractivity contribution in [2.24, 2.45) is 17.6 Å². The predicted octanol–water partition coefficient (Wildman–Crippen LogP) is -0.923. The van der Waals surface area contributed by atoms with Crippen LogP contribution in [0.2, 0.25) is 0 Å². The molecule has 12 heavy (non-hydrogen) atoms. The molecule has 1 fully saturated rings. The number of carbonyl (C=O) groups excluding carboxylic acids is 1. The Balaban J connectivity index is 2.53. The Kier molecular flexibility index (Phi) is 2.69. The molecule has 0 spiro atoms. The van der Waals surface area contributed by atoms with Gasteiger partial charge in [0.05, 0.1) is 5.92 Å². The van der Waals surface area contributed by atoms with Gasteiger partial charge >= 0.3 is 0 Å². The van der Waals surface area contributed by atoms with E-state index >= 15 is 0 Å². The molecule has 4 atom stereocenters. The fourth-order valence-corrected chi connectivity index (χ4v) is 1.59. The Morgan fingerprint density at radius 2 is 2.25 bits per heavy atom. The molecular formula is C8H16N2O2. The number of nitrogens with one attached hydrogen (secondary N) is 1. The van der Waals surface area contributed by atoms with Crippen molar-refractivity contribution in [3.8, 4) is 0 Å². The number of aliphatic hydroxyl groups is 1. The van der Waals surface area contributed by atoms with Crippen LogP contribution < -0.4 is 11.1 Å². The molecular weight excluding hydrogens is 156 g/mol. The van der Waals surface area contributed by atoms with Crippen LogP contribution in [0.5, 0.6) is 0 Å². The van der Waals surface area contributed by atoms with Gasteiger partial charge in [0, 0.05) is 24.6 Å². The average Bonchev–Trinajstić information content (AvgIpc) is 1.97. The van der Waals surface area contributed by atoms with Crippen LogP contribution in [0.1, 0.15) is 13.8 Å². The first kappa shape index (κ1) is 9.48. The quantitative estimate of drug-likeness (QED) is 0.482. The normalized spacial score (nSPS) is 33.5. The average molecular weight is 172 g/mol. The standard InChI is InChI=1S/C8H16N2O2/c1-4(3-11)7-6(5(2)9)8(12)10-7/h4-7,11H,3,9H2,1-2H3,(H,10,12). The minimum atomic E-state index is -0.127. The monoisotopic (exact) mass is 172 g/mol. The zero-order valence-electron chi connectivity index (χ0n) is 7.45. The highest BCUT2D eigenvalue weighted by molar-refractivity contribution is 5.86. The number of amides is 1. The second kappa shape index (κ2) is 3.41. The van der Waals surface area contributed by atoms with E-state index in [1.165, 1.54) is 0 Å². The highest BCUT2D eigenvalue weighted by Crippen LogP contribution is 2.23. The topological polar surface area (TPSA) is 75.4 Å². The second-order valence-electron chi connectivity index (χ2n) is 3.58. The molecule has 4 nitrogen and oxygen atoms in total. The van der Waals surface area contributed by atoms with E-state index in [1.807, 2.05) is 13.8 Å². The summed E-state index contributed by atoms with van der Waals surface area (Å²) in [4.78, 5) is 11.0. The zero-order valence-corrected chi connectivity index (χ0v) is 7.45. The summed E-state index contributed by atoms with van der Waals surface area (Å²) in [6.45, 7) is 3.81. The first-order valence-corrected chi connectivity index (χ1v) is 4.24. The van der Waals surface area contributed by atoms with Crippen LogP contribution in [0, 0.1) is 11.8 Å². The van der Waals surface area contributed by atoms with Crippen molar-refractivity contribution in [2.75, 3.05) is 6.61 Å². The van der Waals surface area contributed by atoms with Gasteiger partial charge in [0.25, 0.3) is 0 Å². The van der Waals surface area contributed by atoms with E-state index < -0.39 is 0 Å². The van der Waals surface area contributed by atoms with Gasteiger partial charge in [-0.15, -0.1) is 0 Å². The van der Waals surface area contributed by atoms with Crippen molar-refractivity contribution in [1.29, 1.82) is 0 Å². The Bertz CT molecular complexity index is 182. The zero-order chi connectivity index (χ0) is 9.30. The first-order valence-electron chi connectivity index (χ1n) is 4.24. The predicted molar refractivity (Wildman–Crippen MR) is 45.3 cm³/mol. The van der Waals surface area contributed by atoms with E-state index in [1.54, 1.807) is 0 Å². The lowest BCUT2D eigenvalue weighted by molar-refractivity contribution is -0.138.